The maximum absolute atomic E-state index is 5.60. The van der Waals surface area contributed by atoms with Gasteiger partial charge in [-0.15, -0.1) is 12.4 Å². The molecule has 1 N–H and O–H groups in total. The molecular formula is C12H20ClN3O. The van der Waals surface area contributed by atoms with Gasteiger partial charge in [-0.1, -0.05) is 0 Å². The predicted octanol–water partition coefficient (Wildman–Crippen LogP) is 1.80. The Labute approximate surface area is 109 Å². The number of halogens is 1. The molecule has 1 aliphatic heterocycles. The first-order valence-electron chi connectivity index (χ1n) is 5.98. The highest BCUT2D eigenvalue weighted by Crippen LogP contribution is 2.15. The van der Waals surface area contributed by atoms with E-state index in [1.807, 2.05) is 0 Å². The highest BCUT2D eigenvalue weighted by Gasteiger charge is 2.12. The summed E-state index contributed by atoms with van der Waals surface area (Å²) in [5.41, 5.74) is 0.910. The third-order valence-corrected chi connectivity index (χ3v) is 3.00. The molecule has 0 aliphatic carbocycles. The van der Waals surface area contributed by atoms with Crippen molar-refractivity contribution in [2.45, 2.75) is 25.9 Å². The topological polar surface area (TPSA) is 47.0 Å². The van der Waals surface area contributed by atoms with E-state index in [9.17, 15) is 0 Å². The molecule has 0 spiro atoms. The van der Waals surface area contributed by atoms with Crippen LogP contribution in [0.3, 0.4) is 0 Å². The van der Waals surface area contributed by atoms with Crippen LogP contribution in [-0.2, 0) is 11.3 Å². The second-order valence-electron chi connectivity index (χ2n) is 4.23. The molecule has 1 aliphatic rings. The summed E-state index contributed by atoms with van der Waals surface area (Å²) < 4.78 is 5.60. The van der Waals surface area contributed by atoms with Gasteiger partial charge in [0.25, 0.3) is 0 Å². The van der Waals surface area contributed by atoms with Crippen molar-refractivity contribution in [2.75, 3.05) is 19.7 Å². The van der Waals surface area contributed by atoms with E-state index < -0.39 is 0 Å². The minimum Gasteiger partial charge on any atom is -0.375 e. The standard InChI is InChI=1S/C12H19N3O.ClH/c1-4-13-5-2-11(1)3-8-16-10-12-9-14-6-7-15-12;/h6-7,9,11,13H,1-5,8,10H2;1H. The van der Waals surface area contributed by atoms with Crippen molar-refractivity contribution < 1.29 is 4.74 Å². The summed E-state index contributed by atoms with van der Waals surface area (Å²) in [6, 6.07) is 0. The molecule has 96 valence electrons. The van der Waals surface area contributed by atoms with E-state index in [1.54, 1.807) is 18.6 Å². The third-order valence-electron chi connectivity index (χ3n) is 3.00. The van der Waals surface area contributed by atoms with Crippen molar-refractivity contribution >= 4 is 12.4 Å². The van der Waals surface area contributed by atoms with Crippen LogP contribution in [0.2, 0.25) is 0 Å². The van der Waals surface area contributed by atoms with E-state index in [0.717, 1.165) is 31.3 Å². The van der Waals surface area contributed by atoms with Crippen molar-refractivity contribution in [3.05, 3.63) is 24.3 Å². The summed E-state index contributed by atoms with van der Waals surface area (Å²) in [4.78, 5) is 8.17. The Bertz CT molecular complexity index is 291. The van der Waals surface area contributed by atoms with Crippen LogP contribution in [0.5, 0.6) is 0 Å². The first-order valence-corrected chi connectivity index (χ1v) is 5.98. The maximum Gasteiger partial charge on any atom is 0.0903 e. The van der Waals surface area contributed by atoms with E-state index in [1.165, 1.54) is 19.3 Å². The third kappa shape index (κ3) is 5.44. The molecule has 0 saturated carbocycles. The Morgan fingerprint density at radius 2 is 2.12 bits per heavy atom. The maximum atomic E-state index is 5.60. The number of nitrogens with zero attached hydrogens (tertiary/aromatic N) is 2. The normalized spacial score (nSPS) is 16.5. The van der Waals surface area contributed by atoms with E-state index in [0.29, 0.717) is 6.61 Å². The van der Waals surface area contributed by atoms with Crippen molar-refractivity contribution in [3.8, 4) is 0 Å². The smallest absolute Gasteiger partial charge is 0.0903 e. The first-order chi connectivity index (χ1) is 7.95. The van der Waals surface area contributed by atoms with E-state index in [2.05, 4.69) is 15.3 Å². The number of rotatable bonds is 5. The molecule has 1 saturated heterocycles. The number of piperidine rings is 1. The molecule has 1 fully saturated rings. The van der Waals surface area contributed by atoms with Gasteiger partial charge in [-0.3, -0.25) is 9.97 Å². The number of hydrogen-bond acceptors (Lipinski definition) is 4. The lowest BCUT2D eigenvalue weighted by Gasteiger charge is -2.22. The Balaban J connectivity index is 0.00000144. The van der Waals surface area contributed by atoms with Gasteiger partial charge in [0, 0.05) is 19.0 Å². The molecule has 5 heteroatoms. The zero-order valence-electron chi connectivity index (χ0n) is 9.97. The molecule has 0 unspecified atom stereocenters. The summed E-state index contributed by atoms with van der Waals surface area (Å²) in [7, 11) is 0. The Morgan fingerprint density at radius 1 is 1.29 bits per heavy atom. The van der Waals surface area contributed by atoms with E-state index in [4.69, 9.17) is 4.74 Å². The lowest BCUT2D eigenvalue weighted by atomic mass is 9.95. The van der Waals surface area contributed by atoms with Crippen molar-refractivity contribution in [3.63, 3.8) is 0 Å². The van der Waals surface area contributed by atoms with Crippen LogP contribution in [0.1, 0.15) is 25.0 Å². The van der Waals surface area contributed by atoms with Crippen LogP contribution in [0.15, 0.2) is 18.6 Å². The zero-order chi connectivity index (χ0) is 11.1. The van der Waals surface area contributed by atoms with Crippen LogP contribution < -0.4 is 5.32 Å². The number of aromatic nitrogens is 2. The quantitative estimate of drug-likeness (QED) is 0.818. The fraction of sp³-hybridized carbons (Fsp3) is 0.667. The highest BCUT2D eigenvalue weighted by molar-refractivity contribution is 5.85. The largest absolute Gasteiger partial charge is 0.375 e. The molecule has 0 atom stereocenters. The molecular weight excluding hydrogens is 238 g/mol. The Morgan fingerprint density at radius 3 is 2.82 bits per heavy atom. The highest BCUT2D eigenvalue weighted by atomic mass is 35.5. The summed E-state index contributed by atoms with van der Waals surface area (Å²) in [6.45, 7) is 3.74. The van der Waals surface area contributed by atoms with Crippen LogP contribution in [0, 0.1) is 5.92 Å². The number of hydrogen-bond donors (Lipinski definition) is 1. The van der Waals surface area contributed by atoms with E-state index in [-0.39, 0.29) is 12.4 Å². The summed E-state index contributed by atoms with van der Waals surface area (Å²) in [5, 5.41) is 3.37. The average molecular weight is 258 g/mol. The fourth-order valence-electron chi connectivity index (χ4n) is 2.00. The van der Waals surface area contributed by atoms with Crippen molar-refractivity contribution in [1.82, 2.24) is 15.3 Å². The van der Waals surface area contributed by atoms with Gasteiger partial charge in [-0.05, 0) is 38.3 Å². The molecule has 0 amide bonds. The second-order valence-corrected chi connectivity index (χ2v) is 4.23. The van der Waals surface area contributed by atoms with Gasteiger partial charge in [0.05, 0.1) is 18.5 Å². The molecule has 1 aromatic heterocycles. The molecule has 1 aromatic rings. The Kier molecular flexibility index (Phi) is 7.08. The van der Waals surface area contributed by atoms with Crippen LogP contribution in [0.25, 0.3) is 0 Å². The molecule has 4 nitrogen and oxygen atoms in total. The van der Waals surface area contributed by atoms with Gasteiger partial charge in [-0.25, -0.2) is 0 Å². The van der Waals surface area contributed by atoms with E-state index >= 15 is 0 Å². The summed E-state index contributed by atoms with van der Waals surface area (Å²) in [5.74, 6) is 0.836. The average Bonchev–Trinajstić information content (AvgIpc) is 2.37. The number of nitrogens with one attached hydrogen (secondary N) is 1. The zero-order valence-corrected chi connectivity index (χ0v) is 10.8. The minimum absolute atomic E-state index is 0. The molecule has 0 aromatic carbocycles. The first kappa shape index (κ1) is 14.4. The molecule has 0 radical (unpaired) electrons. The molecule has 17 heavy (non-hydrogen) atoms. The van der Waals surface area contributed by atoms with Crippen LogP contribution in [-0.4, -0.2) is 29.7 Å². The summed E-state index contributed by atoms with van der Waals surface area (Å²) >= 11 is 0. The predicted molar refractivity (Wildman–Crippen MR) is 69.1 cm³/mol. The van der Waals surface area contributed by atoms with Crippen molar-refractivity contribution in [2.24, 2.45) is 5.92 Å². The van der Waals surface area contributed by atoms with Gasteiger partial charge >= 0.3 is 0 Å². The Hall–Kier alpha value is -0.710. The molecule has 0 bridgehead atoms. The van der Waals surface area contributed by atoms with Crippen molar-refractivity contribution in [1.29, 1.82) is 0 Å². The second kappa shape index (κ2) is 8.39. The molecule has 2 heterocycles. The van der Waals surface area contributed by atoms with Gasteiger partial charge in [0.15, 0.2) is 0 Å². The minimum atomic E-state index is 0. The number of ether oxygens (including phenoxy) is 1. The van der Waals surface area contributed by atoms with Crippen LogP contribution >= 0.6 is 12.4 Å². The summed E-state index contributed by atoms with van der Waals surface area (Å²) in [6.07, 6.45) is 8.87. The lowest BCUT2D eigenvalue weighted by Crippen LogP contribution is -2.28. The van der Waals surface area contributed by atoms with Crippen LogP contribution in [0.4, 0.5) is 0 Å². The lowest BCUT2D eigenvalue weighted by molar-refractivity contribution is 0.100. The SMILES string of the molecule is Cl.c1cnc(COCCC2CCNCC2)cn1. The monoisotopic (exact) mass is 257 g/mol. The fourth-order valence-corrected chi connectivity index (χ4v) is 2.00. The molecule has 2 rings (SSSR count). The van der Waals surface area contributed by atoms with Gasteiger partial charge < -0.3 is 10.1 Å². The van der Waals surface area contributed by atoms with Gasteiger partial charge in [0.1, 0.15) is 0 Å². The van der Waals surface area contributed by atoms with Gasteiger partial charge in [-0.2, -0.15) is 0 Å². The van der Waals surface area contributed by atoms with Gasteiger partial charge in [0.2, 0.25) is 0 Å².